The lowest BCUT2D eigenvalue weighted by atomic mass is 9.93. The topological polar surface area (TPSA) is 69.6 Å². The van der Waals surface area contributed by atoms with Gasteiger partial charge >= 0.3 is 6.03 Å². The molecule has 108 valence electrons. The molecule has 1 fully saturated rings. The summed E-state index contributed by atoms with van der Waals surface area (Å²) in [6, 6.07) is 8.60. The summed E-state index contributed by atoms with van der Waals surface area (Å²) in [5.74, 6) is -0.248. The van der Waals surface area contributed by atoms with E-state index >= 15 is 0 Å². The largest absolute Gasteiger partial charge is 0.387 e. The van der Waals surface area contributed by atoms with Gasteiger partial charge in [0.2, 0.25) is 0 Å². The number of β-amino-alcohol motifs (C(OH)–C–C–N with tert-alkyl or cyclic N) is 1. The van der Waals surface area contributed by atoms with Gasteiger partial charge in [0.15, 0.2) is 0 Å². The Labute approximate surface area is 118 Å². The predicted molar refractivity (Wildman–Crippen MR) is 75.0 cm³/mol. The Balaban J connectivity index is 2.14. The van der Waals surface area contributed by atoms with Gasteiger partial charge in [0, 0.05) is 0 Å². The fourth-order valence-corrected chi connectivity index (χ4v) is 2.52. The SMILES string of the molecule is CCC1(CC)NC(=O)N(CC(O)c2ccccc2)C1=O. The molecule has 0 spiro atoms. The van der Waals surface area contributed by atoms with Gasteiger partial charge < -0.3 is 10.4 Å². The van der Waals surface area contributed by atoms with Gasteiger partial charge in [-0.1, -0.05) is 44.2 Å². The van der Waals surface area contributed by atoms with E-state index in [0.717, 1.165) is 4.90 Å². The molecule has 0 bridgehead atoms. The number of hydrogen-bond donors (Lipinski definition) is 2. The summed E-state index contributed by atoms with van der Waals surface area (Å²) in [5, 5.41) is 12.9. The normalized spacial score (nSPS) is 19.1. The summed E-state index contributed by atoms with van der Waals surface area (Å²) in [4.78, 5) is 25.5. The number of benzene rings is 1. The minimum Gasteiger partial charge on any atom is -0.387 e. The highest BCUT2D eigenvalue weighted by molar-refractivity contribution is 6.07. The number of aliphatic hydroxyl groups is 1. The van der Waals surface area contributed by atoms with Crippen LogP contribution in [0, 0.1) is 0 Å². The number of urea groups is 1. The zero-order valence-corrected chi connectivity index (χ0v) is 11.8. The van der Waals surface area contributed by atoms with Gasteiger partial charge in [-0.2, -0.15) is 0 Å². The quantitative estimate of drug-likeness (QED) is 0.806. The lowest BCUT2D eigenvalue weighted by Crippen LogP contribution is -2.46. The van der Waals surface area contributed by atoms with Crippen LogP contribution in [0.3, 0.4) is 0 Å². The van der Waals surface area contributed by atoms with E-state index in [2.05, 4.69) is 5.32 Å². The Morgan fingerprint density at radius 2 is 1.80 bits per heavy atom. The van der Waals surface area contributed by atoms with Crippen LogP contribution < -0.4 is 5.32 Å². The molecule has 5 nitrogen and oxygen atoms in total. The number of nitrogens with one attached hydrogen (secondary N) is 1. The van der Waals surface area contributed by atoms with Gasteiger partial charge in [-0.05, 0) is 18.4 Å². The van der Waals surface area contributed by atoms with Crippen LogP contribution in [-0.2, 0) is 4.79 Å². The number of carbonyl (C=O) groups excluding carboxylic acids is 2. The predicted octanol–water partition coefficient (Wildman–Crippen LogP) is 1.83. The molecule has 0 saturated carbocycles. The molecule has 1 aromatic carbocycles. The second-order valence-corrected chi connectivity index (χ2v) is 5.06. The molecule has 1 aromatic rings. The lowest BCUT2D eigenvalue weighted by molar-refractivity contribution is -0.132. The lowest BCUT2D eigenvalue weighted by Gasteiger charge is -2.24. The summed E-state index contributed by atoms with van der Waals surface area (Å²) in [5.41, 5.74) is -0.119. The van der Waals surface area contributed by atoms with Gasteiger partial charge in [0.05, 0.1) is 12.6 Å². The Bertz CT molecular complexity index is 497. The third-order valence-electron chi connectivity index (χ3n) is 3.99. The van der Waals surface area contributed by atoms with E-state index in [1.54, 1.807) is 12.1 Å². The number of carbonyl (C=O) groups is 2. The number of imide groups is 1. The fourth-order valence-electron chi connectivity index (χ4n) is 2.52. The molecule has 1 unspecified atom stereocenters. The molecule has 1 heterocycles. The first kappa shape index (κ1) is 14.5. The summed E-state index contributed by atoms with van der Waals surface area (Å²) in [6.45, 7) is 3.73. The van der Waals surface area contributed by atoms with E-state index in [4.69, 9.17) is 0 Å². The maximum absolute atomic E-state index is 12.4. The van der Waals surface area contributed by atoms with Crippen LogP contribution in [0.4, 0.5) is 4.79 Å². The molecule has 5 heteroatoms. The molecule has 0 aromatic heterocycles. The Morgan fingerprint density at radius 3 is 2.30 bits per heavy atom. The highest BCUT2D eigenvalue weighted by atomic mass is 16.3. The molecular weight excluding hydrogens is 256 g/mol. The third-order valence-corrected chi connectivity index (χ3v) is 3.99. The Hall–Kier alpha value is -1.88. The number of rotatable bonds is 5. The second kappa shape index (κ2) is 5.63. The molecule has 1 saturated heterocycles. The molecule has 1 atom stereocenters. The first-order chi connectivity index (χ1) is 9.54. The summed E-state index contributed by atoms with van der Waals surface area (Å²) >= 11 is 0. The Kier molecular flexibility index (Phi) is 4.09. The van der Waals surface area contributed by atoms with Gasteiger partial charge in [0.25, 0.3) is 5.91 Å². The second-order valence-electron chi connectivity index (χ2n) is 5.06. The monoisotopic (exact) mass is 276 g/mol. The first-order valence-electron chi connectivity index (χ1n) is 6.91. The number of aliphatic hydroxyl groups excluding tert-OH is 1. The maximum atomic E-state index is 12.4. The average molecular weight is 276 g/mol. The van der Waals surface area contributed by atoms with E-state index in [9.17, 15) is 14.7 Å². The molecule has 0 radical (unpaired) electrons. The zero-order valence-electron chi connectivity index (χ0n) is 11.8. The fraction of sp³-hybridized carbons (Fsp3) is 0.467. The standard InChI is InChI=1S/C15H20N2O3/c1-3-15(4-2)13(19)17(14(20)16-15)10-12(18)11-8-6-5-7-9-11/h5-9,12,18H,3-4,10H2,1-2H3,(H,16,20). The molecule has 0 aliphatic carbocycles. The van der Waals surface area contributed by atoms with Crippen molar-refractivity contribution in [2.45, 2.75) is 38.3 Å². The molecule has 1 aliphatic rings. The van der Waals surface area contributed by atoms with Crippen LogP contribution in [0.1, 0.15) is 38.4 Å². The zero-order chi connectivity index (χ0) is 14.8. The minimum atomic E-state index is -0.865. The van der Waals surface area contributed by atoms with E-state index < -0.39 is 17.7 Å². The van der Waals surface area contributed by atoms with Crippen molar-refractivity contribution in [3.8, 4) is 0 Å². The average Bonchev–Trinajstić information content (AvgIpc) is 2.72. The summed E-state index contributed by atoms with van der Waals surface area (Å²) in [7, 11) is 0. The third kappa shape index (κ3) is 2.41. The molecule has 3 amide bonds. The van der Waals surface area contributed by atoms with Gasteiger partial charge in [-0.25, -0.2) is 4.79 Å². The van der Waals surface area contributed by atoms with Crippen molar-refractivity contribution in [2.24, 2.45) is 0 Å². The van der Waals surface area contributed by atoms with E-state index in [1.165, 1.54) is 0 Å². The molecule has 1 aliphatic heterocycles. The van der Waals surface area contributed by atoms with Gasteiger partial charge in [0.1, 0.15) is 5.54 Å². The Morgan fingerprint density at radius 1 is 1.20 bits per heavy atom. The van der Waals surface area contributed by atoms with Crippen LogP contribution in [0.5, 0.6) is 0 Å². The van der Waals surface area contributed by atoms with E-state index in [0.29, 0.717) is 18.4 Å². The summed E-state index contributed by atoms with van der Waals surface area (Å²) in [6.07, 6.45) is 0.230. The smallest absolute Gasteiger partial charge is 0.325 e. The van der Waals surface area contributed by atoms with Gasteiger partial charge in [-0.15, -0.1) is 0 Å². The van der Waals surface area contributed by atoms with Crippen molar-refractivity contribution in [2.75, 3.05) is 6.54 Å². The molecule has 20 heavy (non-hydrogen) atoms. The molecule has 2 rings (SSSR count). The maximum Gasteiger partial charge on any atom is 0.325 e. The van der Waals surface area contributed by atoms with Crippen LogP contribution in [0.25, 0.3) is 0 Å². The van der Waals surface area contributed by atoms with Crippen molar-refractivity contribution >= 4 is 11.9 Å². The minimum absolute atomic E-state index is 0.0174. The molecular formula is C15H20N2O3. The number of hydrogen-bond acceptors (Lipinski definition) is 3. The van der Waals surface area contributed by atoms with Crippen molar-refractivity contribution < 1.29 is 14.7 Å². The summed E-state index contributed by atoms with van der Waals surface area (Å²) < 4.78 is 0. The van der Waals surface area contributed by atoms with Crippen molar-refractivity contribution in [3.63, 3.8) is 0 Å². The van der Waals surface area contributed by atoms with Crippen molar-refractivity contribution in [1.29, 1.82) is 0 Å². The van der Waals surface area contributed by atoms with Crippen LogP contribution in [0.15, 0.2) is 30.3 Å². The number of nitrogens with zero attached hydrogens (tertiary/aromatic N) is 1. The van der Waals surface area contributed by atoms with E-state index in [1.807, 2.05) is 32.0 Å². The number of amides is 3. The van der Waals surface area contributed by atoms with Crippen LogP contribution in [-0.4, -0.2) is 34.0 Å². The van der Waals surface area contributed by atoms with E-state index in [-0.39, 0.29) is 12.5 Å². The van der Waals surface area contributed by atoms with Crippen LogP contribution >= 0.6 is 0 Å². The van der Waals surface area contributed by atoms with Crippen LogP contribution in [0.2, 0.25) is 0 Å². The van der Waals surface area contributed by atoms with Gasteiger partial charge in [-0.3, -0.25) is 9.69 Å². The molecule has 2 N–H and O–H groups in total. The highest BCUT2D eigenvalue weighted by Crippen LogP contribution is 2.26. The van der Waals surface area contributed by atoms with Crippen molar-refractivity contribution in [3.05, 3.63) is 35.9 Å². The van der Waals surface area contributed by atoms with Crippen molar-refractivity contribution in [1.82, 2.24) is 10.2 Å². The first-order valence-corrected chi connectivity index (χ1v) is 6.91. The highest BCUT2D eigenvalue weighted by Gasteiger charge is 2.48.